The average molecular weight is 243 g/mol. The van der Waals surface area contributed by atoms with E-state index in [1.165, 1.54) is 5.56 Å². The molecule has 2 rings (SSSR count). The second-order valence-electron chi connectivity index (χ2n) is 3.24. The molecule has 0 amide bonds. The Bertz CT molecular complexity index is 336. The molecule has 0 spiro atoms. The predicted molar refractivity (Wildman–Crippen MR) is 54.0 cm³/mol. The molecule has 2 nitrogen and oxygen atoms in total. The zero-order valence-electron chi connectivity index (χ0n) is 7.38. The zero-order chi connectivity index (χ0) is 9.42. The molecule has 1 N–H and O–H groups in total. The fourth-order valence-electron chi connectivity index (χ4n) is 1.78. The number of halogens is 1. The molecule has 0 aliphatic heterocycles. The summed E-state index contributed by atoms with van der Waals surface area (Å²) in [4.78, 5) is 0. The number of fused-ring (bicyclic) bond motifs is 1. The lowest BCUT2D eigenvalue weighted by Crippen LogP contribution is -1.93. The molecule has 13 heavy (non-hydrogen) atoms. The Morgan fingerprint density at radius 3 is 3.00 bits per heavy atom. The van der Waals surface area contributed by atoms with Crippen molar-refractivity contribution in [2.45, 2.75) is 18.9 Å². The van der Waals surface area contributed by atoms with Crippen LogP contribution in [0.15, 0.2) is 16.6 Å². The van der Waals surface area contributed by atoms with Crippen LogP contribution in [0.4, 0.5) is 0 Å². The van der Waals surface area contributed by atoms with E-state index in [1.54, 1.807) is 7.11 Å². The third kappa shape index (κ3) is 1.46. The van der Waals surface area contributed by atoms with Gasteiger partial charge in [0.15, 0.2) is 0 Å². The summed E-state index contributed by atoms with van der Waals surface area (Å²) in [6.45, 7) is 0. The van der Waals surface area contributed by atoms with E-state index < -0.39 is 0 Å². The molecule has 0 saturated carbocycles. The van der Waals surface area contributed by atoms with E-state index >= 15 is 0 Å². The van der Waals surface area contributed by atoms with Crippen LogP contribution in [0.5, 0.6) is 5.75 Å². The van der Waals surface area contributed by atoms with Gasteiger partial charge in [-0.2, -0.15) is 0 Å². The van der Waals surface area contributed by atoms with E-state index in [2.05, 4.69) is 15.9 Å². The lowest BCUT2D eigenvalue weighted by molar-refractivity contribution is 0.179. The zero-order valence-corrected chi connectivity index (χ0v) is 8.97. The Balaban J connectivity index is 2.53. The lowest BCUT2D eigenvalue weighted by Gasteiger charge is -2.08. The van der Waals surface area contributed by atoms with Gasteiger partial charge >= 0.3 is 0 Å². The molecule has 0 saturated heterocycles. The summed E-state index contributed by atoms with van der Waals surface area (Å²) in [5.74, 6) is 0.847. The third-order valence-electron chi connectivity index (χ3n) is 2.44. The van der Waals surface area contributed by atoms with E-state index in [0.29, 0.717) is 0 Å². The van der Waals surface area contributed by atoms with Crippen molar-refractivity contribution in [3.05, 3.63) is 27.7 Å². The first-order valence-electron chi connectivity index (χ1n) is 4.26. The molecule has 0 fully saturated rings. The van der Waals surface area contributed by atoms with Gasteiger partial charge in [0.05, 0.1) is 13.2 Å². The van der Waals surface area contributed by atoms with Crippen LogP contribution in [0.2, 0.25) is 0 Å². The fraction of sp³-hybridized carbons (Fsp3) is 0.400. The van der Waals surface area contributed by atoms with Crippen molar-refractivity contribution in [2.24, 2.45) is 0 Å². The van der Waals surface area contributed by atoms with Crippen LogP contribution in [0, 0.1) is 0 Å². The number of ether oxygens (including phenoxy) is 1. The molecule has 1 atom stereocenters. The van der Waals surface area contributed by atoms with Crippen LogP contribution in [0.1, 0.15) is 23.7 Å². The molecule has 1 aliphatic rings. The number of hydrogen-bond donors (Lipinski definition) is 1. The van der Waals surface area contributed by atoms with Crippen molar-refractivity contribution < 1.29 is 9.84 Å². The molecular formula is C10H11BrO2. The van der Waals surface area contributed by atoms with E-state index in [4.69, 9.17) is 4.74 Å². The van der Waals surface area contributed by atoms with Crippen LogP contribution in [-0.2, 0) is 6.42 Å². The minimum Gasteiger partial charge on any atom is -0.497 e. The summed E-state index contributed by atoms with van der Waals surface area (Å²) in [7, 11) is 1.65. The number of aryl methyl sites for hydroxylation is 1. The van der Waals surface area contributed by atoms with Crippen LogP contribution in [0.3, 0.4) is 0 Å². The maximum atomic E-state index is 9.65. The summed E-state index contributed by atoms with van der Waals surface area (Å²) >= 11 is 3.44. The SMILES string of the molecule is COc1cc(Br)c2c(c1)CCC2O. The van der Waals surface area contributed by atoms with E-state index in [0.717, 1.165) is 28.6 Å². The maximum Gasteiger partial charge on any atom is 0.120 e. The Labute approximate surface area is 85.7 Å². The summed E-state index contributed by atoms with van der Waals surface area (Å²) in [5.41, 5.74) is 2.22. The van der Waals surface area contributed by atoms with Gasteiger partial charge in [0.2, 0.25) is 0 Å². The lowest BCUT2D eigenvalue weighted by atomic mass is 10.1. The van der Waals surface area contributed by atoms with Gasteiger partial charge in [-0.3, -0.25) is 0 Å². The summed E-state index contributed by atoms with van der Waals surface area (Å²) < 4.78 is 6.09. The number of aliphatic hydroxyl groups excluding tert-OH is 1. The molecule has 3 heteroatoms. The number of aliphatic hydroxyl groups is 1. The highest BCUT2D eigenvalue weighted by atomic mass is 79.9. The normalized spacial score (nSPS) is 20.1. The van der Waals surface area contributed by atoms with Gasteiger partial charge in [-0.15, -0.1) is 0 Å². The maximum absolute atomic E-state index is 9.65. The molecule has 0 aromatic heterocycles. The number of methoxy groups -OCH3 is 1. The smallest absolute Gasteiger partial charge is 0.120 e. The topological polar surface area (TPSA) is 29.5 Å². The molecule has 1 aromatic rings. The van der Waals surface area contributed by atoms with Crippen molar-refractivity contribution in [3.63, 3.8) is 0 Å². The van der Waals surface area contributed by atoms with Gasteiger partial charge in [-0.25, -0.2) is 0 Å². The molecule has 0 bridgehead atoms. The first kappa shape index (κ1) is 9.03. The quantitative estimate of drug-likeness (QED) is 0.820. The van der Waals surface area contributed by atoms with E-state index in [1.807, 2.05) is 12.1 Å². The molecule has 1 aliphatic carbocycles. The minimum absolute atomic E-state index is 0.310. The summed E-state index contributed by atoms with van der Waals surface area (Å²) in [6.07, 6.45) is 1.45. The van der Waals surface area contributed by atoms with Gasteiger partial charge in [0.1, 0.15) is 5.75 Å². The number of rotatable bonds is 1. The molecule has 70 valence electrons. The summed E-state index contributed by atoms with van der Waals surface area (Å²) in [5, 5.41) is 9.65. The van der Waals surface area contributed by atoms with Gasteiger partial charge in [0.25, 0.3) is 0 Å². The molecule has 1 unspecified atom stereocenters. The van der Waals surface area contributed by atoms with Gasteiger partial charge < -0.3 is 9.84 Å². The number of benzene rings is 1. The van der Waals surface area contributed by atoms with Crippen LogP contribution >= 0.6 is 15.9 Å². The van der Waals surface area contributed by atoms with Gasteiger partial charge in [-0.05, 0) is 36.1 Å². The van der Waals surface area contributed by atoms with Crippen molar-refractivity contribution in [1.29, 1.82) is 0 Å². The minimum atomic E-state index is -0.310. The second kappa shape index (κ2) is 3.31. The molecule has 0 radical (unpaired) electrons. The third-order valence-corrected chi connectivity index (χ3v) is 3.10. The monoisotopic (exact) mass is 242 g/mol. The Morgan fingerprint density at radius 2 is 2.31 bits per heavy atom. The van der Waals surface area contributed by atoms with Crippen LogP contribution in [-0.4, -0.2) is 12.2 Å². The second-order valence-corrected chi connectivity index (χ2v) is 4.09. The summed E-state index contributed by atoms with van der Waals surface area (Å²) in [6, 6.07) is 3.89. The highest BCUT2D eigenvalue weighted by Gasteiger charge is 2.23. The average Bonchev–Trinajstić information content (AvgIpc) is 2.48. The van der Waals surface area contributed by atoms with E-state index in [9.17, 15) is 5.11 Å². The van der Waals surface area contributed by atoms with E-state index in [-0.39, 0.29) is 6.10 Å². The van der Waals surface area contributed by atoms with Gasteiger partial charge in [0, 0.05) is 4.47 Å². The van der Waals surface area contributed by atoms with Gasteiger partial charge in [-0.1, -0.05) is 15.9 Å². The molecule has 0 heterocycles. The molecular weight excluding hydrogens is 232 g/mol. The number of hydrogen-bond acceptors (Lipinski definition) is 2. The Morgan fingerprint density at radius 1 is 1.54 bits per heavy atom. The van der Waals surface area contributed by atoms with Crippen molar-refractivity contribution >= 4 is 15.9 Å². The van der Waals surface area contributed by atoms with Crippen molar-refractivity contribution in [3.8, 4) is 5.75 Å². The highest BCUT2D eigenvalue weighted by Crippen LogP contribution is 2.38. The Hall–Kier alpha value is -0.540. The highest BCUT2D eigenvalue weighted by molar-refractivity contribution is 9.10. The Kier molecular flexibility index (Phi) is 2.30. The first-order chi connectivity index (χ1) is 6.22. The van der Waals surface area contributed by atoms with Crippen molar-refractivity contribution in [2.75, 3.05) is 7.11 Å². The van der Waals surface area contributed by atoms with Crippen LogP contribution in [0.25, 0.3) is 0 Å². The standard InChI is InChI=1S/C10H11BrO2/c1-13-7-4-6-2-3-9(12)10(6)8(11)5-7/h4-5,9,12H,2-3H2,1H3. The first-order valence-corrected chi connectivity index (χ1v) is 5.06. The fourth-order valence-corrected chi connectivity index (χ4v) is 2.53. The molecule has 1 aromatic carbocycles. The largest absolute Gasteiger partial charge is 0.497 e. The van der Waals surface area contributed by atoms with Crippen LogP contribution < -0.4 is 4.74 Å². The predicted octanol–water partition coefficient (Wildman–Crippen LogP) is 2.44. The van der Waals surface area contributed by atoms with Crippen molar-refractivity contribution in [1.82, 2.24) is 0 Å².